The van der Waals surface area contributed by atoms with Gasteiger partial charge in [-0.25, -0.2) is 4.79 Å². The van der Waals surface area contributed by atoms with Crippen LogP contribution in [0.1, 0.15) is 20.3 Å². The van der Waals surface area contributed by atoms with E-state index >= 15 is 0 Å². The van der Waals surface area contributed by atoms with Crippen molar-refractivity contribution < 1.29 is 24.6 Å². The Morgan fingerprint density at radius 2 is 2.08 bits per heavy atom. The molecule has 2 amide bonds. The molecule has 0 aromatic heterocycles. The van der Waals surface area contributed by atoms with E-state index in [1.165, 1.54) is 16.7 Å². The van der Waals surface area contributed by atoms with Gasteiger partial charge in [-0.1, -0.05) is 6.92 Å². The Hall–Kier alpha value is -1.58. The van der Waals surface area contributed by atoms with Crippen molar-refractivity contribution in [3.05, 3.63) is 10.6 Å². The van der Waals surface area contributed by atoms with Crippen LogP contribution >= 0.6 is 11.8 Å². The number of aliphatic hydroxyl groups excluding tert-OH is 1. The van der Waals surface area contributed by atoms with Crippen molar-refractivity contribution in [1.82, 2.24) is 15.5 Å². The van der Waals surface area contributed by atoms with Gasteiger partial charge in [0, 0.05) is 35.2 Å². The van der Waals surface area contributed by atoms with Crippen molar-refractivity contribution in [2.24, 2.45) is 17.8 Å². The van der Waals surface area contributed by atoms with Gasteiger partial charge in [0.25, 0.3) is 0 Å². The van der Waals surface area contributed by atoms with Crippen molar-refractivity contribution in [2.45, 2.75) is 43.7 Å². The molecule has 4 rings (SSSR count). The molecule has 4 aliphatic heterocycles. The molecule has 0 aromatic carbocycles. The molecule has 8 nitrogen and oxygen atoms in total. The lowest BCUT2D eigenvalue weighted by atomic mass is 9.79. The predicted octanol–water partition coefficient (Wildman–Crippen LogP) is -0.650. The third-order valence-corrected chi connectivity index (χ3v) is 7.56. The number of carboxylic acids is 1. The molecule has 3 saturated heterocycles. The Labute approximate surface area is 155 Å². The number of carbonyl (C=O) groups excluding carboxylic acids is 2. The highest BCUT2D eigenvalue weighted by Gasteiger charge is 2.60. The number of β-lactam (4-membered cyclic amide) rings is 2. The summed E-state index contributed by atoms with van der Waals surface area (Å²) in [5.41, 5.74) is 0.0687. The van der Waals surface area contributed by atoms with Gasteiger partial charge in [-0.15, -0.1) is 11.8 Å². The summed E-state index contributed by atoms with van der Waals surface area (Å²) in [5, 5.41) is 25.8. The van der Waals surface area contributed by atoms with Gasteiger partial charge in [-0.2, -0.15) is 0 Å². The number of amides is 2. The molecule has 4 N–H and O–H groups in total. The van der Waals surface area contributed by atoms with Gasteiger partial charge < -0.3 is 25.7 Å². The van der Waals surface area contributed by atoms with Gasteiger partial charge in [0.15, 0.2) is 0 Å². The van der Waals surface area contributed by atoms with Crippen LogP contribution in [-0.4, -0.2) is 69.4 Å². The van der Waals surface area contributed by atoms with Crippen LogP contribution in [-0.2, 0) is 14.4 Å². The molecule has 0 aromatic rings. The lowest BCUT2D eigenvalue weighted by Gasteiger charge is -2.46. The lowest BCUT2D eigenvalue weighted by molar-refractivity contribution is -0.163. The minimum Gasteiger partial charge on any atom is -0.477 e. The van der Waals surface area contributed by atoms with Crippen LogP contribution in [0.4, 0.5) is 0 Å². The minimum absolute atomic E-state index is 0.00403. The standard InChI is InChI=1S/C17H23N3O5S/c1-6-12-11(7(2)21)16(23)20(12)13(17(24)25)14(6)26-8-3-10(18-4-8)9-5-19-15(9)22/h6-12,18,21H,3-5H2,1-2H3,(H,19,22)(H,24,25)/t6-,7-,8+,9?,10+,11-,12-/m1/s1. The third kappa shape index (κ3) is 2.48. The Morgan fingerprint density at radius 3 is 2.62 bits per heavy atom. The van der Waals surface area contributed by atoms with Crippen molar-refractivity contribution in [3.63, 3.8) is 0 Å². The molecule has 0 aliphatic carbocycles. The molecule has 26 heavy (non-hydrogen) atoms. The molecule has 0 saturated carbocycles. The second-order valence-corrected chi connectivity index (χ2v) is 8.96. The second-order valence-electron chi connectivity index (χ2n) is 7.61. The topological polar surface area (TPSA) is 119 Å². The maximum absolute atomic E-state index is 12.4. The number of hydrogen-bond acceptors (Lipinski definition) is 6. The van der Waals surface area contributed by atoms with E-state index in [2.05, 4.69) is 10.6 Å². The van der Waals surface area contributed by atoms with Crippen LogP contribution in [0.15, 0.2) is 10.6 Å². The predicted molar refractivity (Wildman–Crippen MR) is 93.9 cm³/mol. The molecule has 4 aliphatic rings. The van der Waals surface area contributed by atoms with E-state index in [1.807, 2.05) is 6.92 Å². The first-order chi connectivity index (χ1) is 12.3. The summed E-state index contributed by atoms with van der Waals surface area (Å²) in [4.78, 5) is 37.8. The van der Waals surface area contributed by atoms with Gasteiger partial charge in [0.1, 0.15) is 5.70 Å². The molecule has 7 atom stereocenters. The van der Waals surface area contributed by atoms with Gasteiger partial charge >= 0.3 is 5.97 Å². The van der Waals surface area contributed by atoms with Gasteiger partial charge in [0.05, 0.1) is 24.0 Å². The maximum atomic E-state index is 12.4. The first-order valence-electron chi connectivity index (χ1n) is 8.97. The van der Waals surface area contributed by atoms with Crippen LogP contribution in [0.5, 0.6) is 0 Å². The average molecular weight is 381 g/mol. The molecular weight excluding hydrogens is 358 g/mol. The van der Waals surface area contributed by atoms with E-state index in [0.29, 0.717) is 18.0 Å². The normalized spacial score (nSPS) is 40.0. The Morgan fingerprint density at radius 1 is 1.35 bits per heavy atom. The number of nitrogens with zero attached hydrogens (tertiary/aromatic N) is 1. The van der Waals surface area contributed by atoms with E-state index in [-0.39, 0.29) is 46.7 Å². The molecule has 0 bridgehead atoms. The zero-order valence-corrected chi connectivity index (χ0v) is 15.5. The highest BCUT2D eigenvalue weighted by Crippen LogP contribution is 2.51. The number of thioether (sulfide) groups is 1. The number of carboxylic acid groups (broad SMARTS) is 1. The summed E-state index contributed by atoms with van der Waals surface area (Å²) in [6.45, 7) is 4.90. The van der Waals surface area contributed by atoms with Crippen LogP contribution in [0.2, 0.25) is 0 Å². The Kier molecular flexibility index (Phi) is 4.28. The number of carbonyl (C=O) groups is 3. The third-order valence-electron chi connectivity index (χ3n) is 6.05. The first-order valence-corrected chi connectivity index (χ1v) is 9.85. The summed E-state index contributed by atoms with van der Waals surface area (Å²) in [6.07, 6.45) is 0.00452. The summed E-state index contributed by atoms with van der Waals surface area (Å²) < 4.78 is 0. The summed E-state index contributed by atoms with van der Waals surface area (Å²) >= 11 is 1.51. The zero-order chi connectivity index (χ0) is 18.7. The monoisotopic (exact) mass is 381 g/mol. The Bertz CT molecular complexity index is 709. The number of aliphatic carboxylic acids is 1. The number of fused-ring (bicyclic) bond motifs is 1. The van der Waals surface area contributed by atoms with E-state index in [4.69, 9.17) is 0 Å². The molecule has 0 spiro atoms. The fourth-order valence-electron chi connectivity index (χ4n) is 4.62. The van der Waals surface area contributed by atoms with Crippen LogP contribution in [0.3, 0.4) is 0 Å². The van der Waals surface area contributed by atoms with Gasteiger partial charge in [0.2, 0.25) is 11.8 Å². The van der Waals surface area contributed by atoms with E-state index < -0.39 is 18.0 Å². The van der Waals surface area contributed by atoms with E-state index in [0.717, 1.165) is 6.42 Å². The fourth-order valence-corrected chi connectivity index (χ4v) is 6.11. The smallest absolute Gasteiger partial charge is 0.353 e. The molecular formula is C17H23N3O5S. The van der Waals surface area contributed by atoms with Crippen LogP contribution < -0.4 is 10.6 Å². The summed E-state index contributed by atoms with van der Waals surface area (Å²) in [5.74, 6) is -1.99. The van der Waals surface area contributed by atoms with Crippen molar-refractivity contribution >= 4 is 29.5 Å². The fraction of sp³-hybridized carbons (Fsp3) is 0.706. The van der Waals surface area contributed by atoms with E-state index in [1.54, 1.807) is 6.92 Å². The minimum atomic E-state index is -1.10. The highest BCUT2D eigenvalue weighted by atomic mass is 32.2. The average Bonchev–Trinajstić information content (AvgIpc) is 3.08. The highest BCUT2D eigenvalue weighted by molar-refractivity contribution is 8.03. The molecule has 3 fully saturated rings. The first kappa shape index (κ1) is 17.8. The number of rotatable bonds is 5. The Balaban J connectivity index is 1.51. The molecule has 142 valence electrons. The largest absolute Gasteiger partial charge is 0.477 e. The maximum Gasteiger partial charge on any atom is 0.353 e. The molecule has 1 unspecified atom stereocenters. The number of hydrogen-bond donors (Lipinski definition) is 4. The van der Waals surface area contributed by atoms with Gasteiger partial charge in [-0.3, -0.25) is 9.59 Å². The van der Waals surface area contributed by atoms with Crippen LogP contribution in [0.25, 0.3) is 0 Å². The van der Waals surface area contributed by atoms with E-state index in [9.17, 15) is 24.6 Å². The quantitative estimate of drug-likeness (QED) is 0.467. The zero-order valence-electron chi connectivity index (χ0n) is 14.6. The second kappa shape index (κ2) is 6.24. The number of nitrogens with one attached hydrogen (secondary N) is 2. The van der Waals surface area contributed by atoms with Crippen molar-refractivity contribution in [3.8, 4) is 0 Å². The van der Waals surface area contributed by atoms with Crippen LogP contribution in [0, 0.1) is 17.8 Å². The van der Waals surface area contributed by atoms with Crippen molar-refractivity contribution in [2.75, 3.05) is 13.1 Å². The lowest BCUT2D eigenvalue weighted by Crippen LogP contribution is -2.63. The number of aliphatic hydroxyl groups is 1. The SMILES string of the molecule is C[C@@H](O)[C@H]1C(=O)N2C(C(=O)O)=C(S[C@@H]3CN[C@H](C4CNC4=O)C3)[C@H](C)[C@H]12. The van der Waals surface area contributed by atoms with Crippen molar-refractivity contribution in [1.29, 1.82) is 0 Å². The molecule has 9 heteroatoms. The summed E-state index contributed by atoms with van der Waals surface area (Å²) in [6, 6.07) is -0.158. The molecule has 0 radical (unpaired) electrons. The summed E-state index contributed by atoms with van der Waals surface area (Å²) in [7, 11) is 0. The van der Waals surface area contributed by atoms with Gasteiger partial charge in [-0.05, 0) is 13.3 Å². The molecule has 4 heterocycles.